The minimum atomic E-state index is -0.226. The third kappa shape index (κ3) is 6.16. The van der Waals surface area contributed by atoms with Crippen molar-refractivity contribution in [2.24, 2.45) is 0 Å². The first kappa shape index (κ1) is 16.7. The molecule has 1 aromatic carbocycles. The summed E-state index contributed by atoms with van der Waals surface area (Å²) < 4.78 is 5.41. The van der Waals surface area contributed by atoms with Gasteiger partial charge in [0.2, 0.25) is 5.91 Å². The fourth-order valence-electron chi connectivity index (χ4n) is 1.67. The molecule has 1 N–H and O–H groups in total. The lowest BCUT2D eigenvalue weighted by Crippen LogP contribution is -2.31. The smallest absolute Gasteiger partial charge is 0.305 e. The number of hydrogen-bond donors (Lipinski definition) is 1. The number of likely N-dealkylation sites (N-methyl/N-ethyl adjacent to an activating group) is 1. The number of methoxy groups -OCH3 is 1. The van der Waals surface area contributed by atoms with Crippen LogP contribution in [-0.4, -0.2) is 44.0 Å². The zero-order chi connectivity index (χ0) is 15.0. The quantitative estimate of drug-likeness (QED) is 0.772. The average Bonchev–Trinajstić information content (AvgIpc) is 2.41. The van der Waals surface area contributed by atoms with Crippen LogP contribution in [0.5, 0.6) is 0 Å². The molecule has 0 spiro atoms. The van der Waals surface area contributed by atoms with E-state index in [0.717, 1.165) is 10.2 Å². The predicted octanol–water partition coefficient (Wildman–Crippen LogP) is 2.27. The fourth-order valence-corrected chi connectivity index (χ4v) is 2.06. The highest BCUT2D eigenvalue weighted by molar-refractivity contribution is 9.10. The molecule has 0 aliphatic heterocycles. The van der Waals surface area contributed by atoms with Gasteiger partial charge in [-0.05, 0) is 48.1 Å². The monoisotopic (exact) mass is 342 g/mol. The number of esters is 1. The summed E-state index contributed by atoms with van der Waals surface area (Å²) in [6.45, 7) is 0.945. The van der Waals surface area contributed by atoms with Crippen molar-refractivity contribution < 1.29 is 14.3 Å². The highest BCUT2D eigenvalue weighted by atomic mass is 79.9. The number of halogens is 1. The lowest BCUT2D eigenvalue weighted by molar-refractivity contribution is -0.140. The van der Waals surface area contributed by atoms with Gasteiger partial charge in [-0.25, -0.2) is 0 Å². The second-order valence-electron chi connectivity index (χ2n) is 4.45. The van der Waals surface area contributed by atoms with E-state index >= 15 is 0 Å². The van der Waals surface area contributed by atoms with Gasteiger partial charge in [-0.3, -0.25) is 14.5 Å². The molecule has 1 aromatic rings. The number of para-hydroxylation sites is 1. The second-order valence-corrected chi connectivity index (χ2v) is 5.30. The van der Waals surface area contributed by atoms with Crippen molar-refractivity contribution in [1.29, 1.82) is 0 Å². The fraction of sp³-hybridized carbons (Fsp3) is 0.429. The topological polar surface area (TPSA) is 58.6 Å². The van der Waals surface area contributed by atoms with Gasteiger partial charge in [0.15, 0.2) is 0 Å². The third-order valence-electron chi connectivity index (χ3n) is 2.71. The van der Waals surface area contributed by atoms with Gasteiger partial charge >= 0.3 is 5.97 Å². The van der Waals surface area contributed by atoms with Crippen LogP contribution in [0.15, 0.2) is 28.7 Å². The van der Waals surface area contributed by atoms with E-state index in [1.807, 2.05) is 36.2 Å². The number of nitrogens with one attached hydrogen (secondary N) is 1. The van der Waals surface area contributed by atoms with Crippen LogP contribution in [0.25, 0.3) is 0 Å². The Kier molecular flexibility index (Phi) is 7.25. The van der Waals surface area contributed by atoms with Gasteiger partial charge in [-0.2, -0.15) is 0 Å². The summed E-state index contributed by atoms with van der Waals surface area (Å²) in [6.07, 6.45) is 1.04. The van der Waals surface area contributed by atoms with E-state index in [1.165, 1.54) is 7.11 Å². The standard InChI is InChI=1S/C14H19BrN2O3/c1-17(9-5-8-14(19)20-2)10-13(18)16-12-7-4-3-6-11(12)15/h3-4,6-7H,5,8-10H2,1-2H3,(H,16,18). The number of carbonyl (C=O) groups is 2. The van der Waals surface area contributed by atoms with Crippen LogP contribution in [0.4, 0.5) is 5.69 Å². The number of rotatable bonds is 7. The van der Waals surface area contributed by atoms with Gasteiger partial charge in [0, 0.05) is 10.9 Å². The van der Waals surface area contributed by atoms with E-state index in [4.69, 9.17) is 0 Å². The number of anilines is 1. The first-order valence-corrected chi connectivity index (χ1v) is 7.12. The Balaban J connectivity index is 2.31. The van der Waals surface area contributed by atoms with Crippen molar-refractivity contribution in [2.45, 2.75) is 12.8 Å². The van der Waals surface area contributed by atoms with Crippen molar-refractivity contribution in [3.63, 3.8) is 0 Å². The molecule has 1 rings (SSSR count). The number of hydrogen-bond acceptors (Lipinski definition) is 4. The molecule has 0 aliphatic rings. The van der Waals surface area contributed by atoms with E-state index in [0.29, 0.717) is 19.4 Å². The molecule has 0 bridgehead atoms. The van der Waals surface area contributed by atoms with Crippen LogP contribution in [-0.2, 0) is 14.3 Å². The molecule has 0 atom stereocenters. The molecule has 0 heterocycles. The van der Waals surface area contributed by atoms with Crippen LogP contribution in [0.3, 0.4) is 0 Å². The number of benzene rings is 1. The van der Waals surface area contributed by atoms with Crippen molar-refractivity contribution in [3.05, 3.63) is 28.7 Å². The van der Waals surface area contributed by atoms with E-state index in [9.17, 15) is 9.59 Å². The molecule has 5 nitrogen and oxygen atoms in total. The van der Waals surface area contributed by atoms with Gasteiger partial charge in [0.25, 0.3) is 0 Å². The molecular formula is C14H19BrN2O3. The summed E-state index contributed by atoms with van der Waals surface area (Å²) in [5.74, 6) is -0.312. The summed E-state index contributed by atoms with van der Waals surface area (Å²) in [5.41, 5.74) is 0.750. The van der Waals surface area contributed by atoms with Gasteiger partial charge in [-0.1, -0.05) is 12.1 Å². The molecule has 1 amide bonds. The Morgan fingerprint density at radius 2 is 2.05 bits per heavy atom. The van der Waals surface area contributed by atoms with Crippen LogP contribution in [0.1, 0.15) is 12.8 Å². The summed E-state index contributed by atoms with van der Waals surface area (Å²) >= 11 is 3.38. The van der Waals surface area contributed by atoms with E-state index in [2.05, 4.69) is 26.0 Å². The minimum Gasteiger partial charge on any atom is -0.469 e. The zero-order valence-corrected chi connectivity index (χ0v) is 13.3. The maximum absolute atomic E-state index is 11.9. The largest absolute Gasteiger partial charge is 0.469 e. The average molecular weight is 343 g/mol. The highest BCUT2D eigenvalue weighted by Crippen LogP contribution is 2.20. The Bertz CT molecular complexity index is 465. The van der Waals surface area contributed by atoms with Crippen LogP contribution < -0.4 is 5.32 Å². The molecule has 20 heavy (non-hydrogen) atoms. The molecule has 110 valence electrons. The Morgan fingerprint density at radius 3 is 2.70 bits per heavy atom. The summed E-state index contributed by atoms with van der Waals surface area (Å²) in [5, 5.41) is 2.83. The van der Waals surface area contributed by atoms with Crippen LogP contribution >= 0.6 is 15.9 Å². The summed E-state index contributed by atoms with van der Waals surface area (Å²) in [4.78, 5) is 24.7. The molecule has 0 aromatic heterocycles. The van der Waals surface area contributed by atoms with E-state index < -0.39 is 0 Å². The van der Waals surface area contributed by atoms with Gasteiger partial charge < -0.3 is 10.1 Å². The molecule has 0 saturated heterocycles. The molecule has 0 fully saturated rings. The molecule has 0 unspecified atom stereocenters. The van der Waals surface area contributed by atoms with E-state index in [1.54, 1.807) is 0 Å². The molecular weight excluding hydrogens is 324 g/mol. The molecule has 0 radical (unpaired) electrons. The maximum Gasteiger partial charge on any atom is 0.305 e. The Labute approximate surface area is 127 Å². The van der Waals surface area contributed by atoms with Crippen molar-refractivity contribution in [3.8, 4) is 0 Å². The van der Waals surface area contributed by atoms with Crippen LogP contribution in [0.2, 0.25) is 0 Å². The molecule has 6 heteroatoms. The third-order valence-corrected chi connectivity index (χ3v) is 3.40. The summed E-state index contributed by atoms with van der Waals surface area (Å²) in [7, 11) is 3.22. The molecule has 0 aliphatic carbocycles. The minimum absolute atomic E-state index is 0.0857. The Hall–Kier alpha value is -1.40. The van der Waals surface area contributed by atoms with Gasteiger partial charge in [0.1, 0.15) is 0 Å². The lowest BCUT2D eigenvalue weighted by Gasteiger charge is -2.16. The predicted molar refractivity (Wildman–Crippen MR) is 81.5 cm³/mol. The van der Waals surface area contributed by atoms with Gasteiger partial charge in [-0.15, -0.1) is 0 Å². The number of carbonyl (C=O) groups excluding carboxylic acids is 2. The van der Waals surface area contributed by atoms with Gasteiger partial charge in [0.05, 0.1) is 19.3 Å². The number of nitrogens with zero attached hydrogens (tertiary/aromatic N) is 1. The van der Waals surface area contributed by atoms with Crippen LogP contribution in [0, 0.1) is 0 Å². The maximum atomic E-state index is 11.9. The zero-order valence-electron chi connectivity index (χ0n) is 11.7. The van der Waals surface area contributed by atoms with Crippen molar-refractivity contribution in [2.75, 3.05) is 32.6 Å². The molecule has 0 saturated carbocycles. The number of ether oxygens (including phenoxy) is 1. The SMILES string of the molecule is COC(=O)CCCN(C)CC(=O)Nc1ccccc1Br. The normalized spacial score (nSPS) is 10.4. The second kappa shape index (κ2) is 8.71. The number of amides is 1. The first-order chi connectivity index (χ1) is 9.52. The van der Waals surface area contributed by atoms with Crippen molar-refractivity contribution in [1.82, 2.24) is 4.90 Å². The lowest BCUT2D eigenvalue weighted by atomic mass is 10.3. The van der Waals surface area contributed by atoms with Crippen molar-refractivity contribution >= 4 is 33.5 Å². The first-order valence-electron chi connectivity index (χ1n) is 6.32. The Morgan fingerprint density at radius 1 is 1.35 bits per heavy atom. The van der Waals surface area contributed by atoms with E-state index in [-0.39, 0.29) is 18.4 Å². The highest BCUT2D eigenvalue weighted by Gasteiger charge is 2.09. The summed E-state index contributed by atoms with van der Waals surface area (Å²) in [6, 6.07) is 7.45.